The summed E-state index contributed by atoms with van der Waals surface area (Å²) >= 11 is 7.73. The fourth-order valence-corrected chi connectivity index (χ4v) is 4.92. The Bertz CT molecular complexity index is 1230. The van der Waals surface area contributed by atoms with Gasteiger partial charge >= 0.3 is 0 Å². The van der Waals surface area contributed by atoms with Gasteiger partial charge in [-0.05, 0) is 73.7 Å². The molecule has 4 rings (SSSR count). The monoisotopic (exact) mass is 467 g/mol. The molecule has 1 saturated heterocycles. The summed E-state index contributed by atoms with van der Waals surface area (Å²) in [5.41, 5.74) is 2.56. The van der Waals surface area contributed by atoms with Crippen molar-refractivity contribution in [2.45, 2.75) is 26.8 Å². The number of hydrogen-bond donors (Lipinski definition) is 1. The maximum atomic E-state index is 13.2. The summed E-state index contributed by atoms with van der Waals surface area (Å²) in [4.78, 5) is 28.6. The molecule has 1 unspecified atom stereocenters. The van der Waals surface area contributed by atoms with Crippen LogP contribution in [0.4, 0.5) is 5.69 Å². The highest BCUT2D eigenvalue weighted by atomic mass is 35.5. The van der Waals surface area contributed by atoms with Gasteiger partial charge in [-0.3, -0.25) is 14.5 Å². The first-order valence-corrected chi connectivity index (χ1v) is 11.4. The van der Waals surface area contributed by atoms with Crippen LogP contribution in [-0.2, 0) is 9.59 Å². The molecule has 5 nitrogen and oxygen atoms in total. The third-order valence-corrected chi connectivity index (χ3v) is 6.84. The van der Waals surface area contributed by atoms with Gasteiger partial charge in [0.25, 0.3) is 11.7 Å². The molecule has 7 heteroatoms. The molecule has 2 heterocycles. The van der Waals surface area contributed by atoms with Gasteiger partial charge in [-0.1, -0.05) is 23.7 Å². The number of aryl methyl sites for hydroxylation is 1. The van der Waals surface area contributed by atoms with Crippen molar-refractivity contribution < 1.29 is 19.4 Å². The van der Waals surface area contributed by atoms with Crippen molar-refractivity contribution in [2.24, 2.45) is 0 Å². The fourth-order valence-electron chi connectivity index (χ4n) is 3.92. The van der Waals surface area contributed by atoms with Crippen LogP contribution in [0.5, 0.6) is 5.75 Å². The molecule has 0 aliphatic carbocycles. The van der Waals surface area contributed by atoms with Crippen molar-refractivity contribution in [1.29, 1.82) is 0 Å². The minimum absolute atomic E-state index is 0.0559. The zero-order valence-electron chi connectivity index (χ0n) is 17.9. The van der Waals surface area contributed by atoms with Gasteiger partial charge < -0.3 is 9.84 Å². The second-order valence-electron chi connectivity index (χ2n) is 7.48. The summed E-state index contributed by atoms with van der Waals surface area (Å²) in [6, 6.07) is 13.4. The lowest BCUT2D eigenvalue weighted by molar-refractivity contribution is -0.132. The van der Waals surface area contributed by atoms with Gasteiger partial charge in [0.15, 0.2) is 0 Å². The molecule has 1 fully saturated rings. The molecule has 0 saturated carbocycles. The van der Waals surface area contributed by atoms with Gasteiger partial charge in [-0.25, -0.2) is 0 Å². The first-order chi connectivity index (χ1) is 15.3. The van der Waals surface area contributed by atoms with E-state index >= 15 is 0 Å². The fraction of sp³-hybridized carbons (Fsp3) is 0.200. The molecule has 0 bridgehead atoms. The number of carbonyl (C=O) groups excluding carboxylic acids is 2. The number of Topliss-reactive ketones (excluding diaryl/α,β-unsaturated/α-hetero) is 1. The summed E-state index contributed by atoms with van der Waals surface area (Å²) < 4.78 is 5.58. The molecular formula is C25H22ClNO4S. The first kappa shape index (κ1) is 22.1. The summed E-state index contributed by atoms with van der Waals surface area (Å²) in [5, 5.41) is 13.6. The first-order valence-electron chi connectivity index (χ1n) is 10.2. The van der Waals surface area contributed by atoms with E-state index in [9.17, 15) is 14.7 Å². The molecule has 1 amide bonds. The van der Waals surface area contributed by atoms with Crippen molar-refractivity contribution in [3.05, 3.63) is 86.1 Å². The normalized spacial score (nSPS) is 17.8. The van der Waals surface area contributed by atoms with Crippen LogP contribution in [-0.4, -0.2) is 23.4 Å². The number of aliphatic hydroxyl groups excluding tert-OH is 1. The number of ether oxygens (including phenoxy) is 1. The van der Waals surface area contributed by atoms with E-state index in [-0.39, 0.29) is 11.3 Å². The summed E-state index contributed by atoms with van der Waals surface area (Å²) in [6.07, 6.45) is 0. The second-order valence-corrected chi connectivity index (χ2v) is 8.87. The lowest BCUT2D eigenvalue weighted by atomic mass is 9.98. The van der Waals surface area contributed by atoms with E-state index in [1.54, 1.807) is 43.3 Å². The van der Waals surface area contributed by atoms with E-state index in [4.69, 9.17) is 16.3 Å². The Labute approximate surface area is 195 Å². The van der Waals surface area contributed by atoms with Gasteiger partial charge in [0.05, 0.1) is 12.2 Å². The van der Waals surface area contributed by atoms with Gasteiger partial charge in [0.1, 0.15) is 17.6 Å². The van der Waals surface area contributed by atoms with Gasteiger partial charge in [-0.15, -0.1) is 11.3 Å². The van der Waals surface area contributed by atoms with Crippen LogP contribution in [0.25, 0.3) is 5.76 Å². The number of ketones is 1. The van der Waals surface area contributed by atoms with Gasteiger partial charge in [0.2, 0.25) is 0 Å². The van der Waals surface area contributed by atoms with E-state index in [2.05, 4.69) is 0 Å². The Morgan fingerprint density at radius 3 is 2.59 bits per heavy atom. The number of benzene rings is 2. The van der Waals surface area contributed by atoms with Crippen molar-refractivity contribution >= 4 is 46.1 Å². The van der Waals surface area contributed by atoms with E-state index in [0.29, 0.717) is 34.2 Å². The number of rotatable bonds is 5. The Morgan fingerprint density at radius 1 is 1.16 bits per heavy atom. The minimum Gasteiger partial charge on any atom is -0.507 e. The quantitative estimate of drug-likeness (QED) is 0.282. The van der Waals surface area contributed by atoms with Crippen LogP contribution in [0.15, 0.2) is 59.5 Å². The zero-order valence-corrected chi connectivity index (χ0v) is 19.5. The number of amides is 1. The van der Waals surface area contributed by atoms with Gasteiger partial charge in [0, 0.05) is 21.2 Å². The van der Waals surface area contributed by atoms with Gasteiger partial charge in [-0.2, -0.15) is 0 Å². The lowest BCUT2D eigenvalue weighted by Gasteiger charge is -2.26. The van der Waals surface area contributed by atoms with Crippen LogP contribution < -0.4 is 9.64 Å². The highest BCUT2D eigenvalue weighted by molar-refractivity contribution is 7.10. The van der Waals surface area contributed by atoms with Crippen LogP contribution in [0.1, 0.15) is 34.5 Å². The number of hydrogen-bond acceptors (Lipinski definition) is 5. The highest BCUT2D eigenvalue weighted by Crippen LogP contribution is 2.45. The molecule has 0 spiro atoms. The number of carbonyl (C=O) groups is 2. The molecule has 2 aromatic carbocycles. The summed E-state index contributed by atoms with van der Waals surface area (Å²) in [6.45, 7) is 6.09. The van der Waals surface area contributed by atoms with Crippen LogP contribution in [0.3, 0.4) is 0 Å². The molecule has 1 aliphatic rings. The number of nitrogens with zero attached hydrogens (tertiary/aromatic N) is 1. The van der Waals surface area contributed by atoms with E-state index in [1.807, 2.05) is 31.4 Å². The maximum absolute atomic E-state index is 13.2. The Morgan fingerprint density at radius 2 is 1.94 bits per heavy atom. The zero-order chi connectivity index (χ0) is 23.0. The largest absolute Gasteiger partial charge is 0.507 e. The Hall–Kier alpha value is -3.09. The summed E-state index contributed by atoms with van der Waals surface area (Å²) in [7, 11) is 0. The molecule has 1 aliphatic heterocycles. The molecule has 1 aromatic heterocycles. The van der Waals surface area contributed by atoms with E-state index < -0.39 is 17.7 Å². The molecule has 1 N–H and O–H groups in total. The number of anilines is 1. The number of aliphatic hydroxyl groups is 1. The average molecular weight is 468 g/mol. The number of thiophene rings is 1. The predicted molar refractivity (Wildman–Crippen MR) is 128 cm³/mol. The second kappa shape index (κ2) is 8.81. The summed E-state index contributed by atoms with van der Waals surface area (Å²) in [5.74, 6) is -0.936. The predicted octanol–water partition coefficient (Wildman–Crippen LogP) is 6.04. The Kier molecular flexibility index (Phi) is 6.09. The third kappa shape index (κ3) is 3.70. The standard InChI is InChI=1S/C25H22ClNO4S/c1-4-31-19-11-10-16(13-14(19)2)23(28)21-22(20-9-6-12-32-20)27(25(30)24(21)29)18-8-5-7-17(26)15(18)3/h5-13,22,28H,4H2,1-3H3/b23-21-. The van der Waals surface area contributed by atoms with Crippen LogP contribution >= 0.6 is 22.9 Å². The maximum Gasteiger partial charge on any atom is 0.300 e. The molecule has 32 heavy (non-hydrogen) atoms. The lowest BCUT2D eigenvalue weighted by Crippen LogP contribution is -2.29. The molecule has 164 valence electrons. The molecule has 0 radical (unpaired) electrons. The van der Waals surface area contributed by atoms with Crippen LogP contribution in [0, 0.1) is 13.8 Å². The van der Waals surface area contributed by atoms with E-state index in [1.165, 1.54) is 16.2 Å². The van der Waals surface area contributed by atoms with Crippen molar-refractivity contribution in [3.8, 4) is 5.75 Å². The smallest absolute Gasteiger partial charge is 0.300 e. The van der Waals surface area contributed by atoms with Crippen molar-refractivity contribution in [1.82, 2.24) is 0 Å². The average Bonchev–Trinajstić information content (AvgIpc) is 3.39. The topological polar surface area (TPSA) is 66.8 Å². The SMILES string of the molecule is CCOc1ccc(/C(O)=C2/C(=O)C(=O)N(c3cccc(Cl)c3C)C2c2cccs2)cc1C. The van der Waals surface area contributed by atoms with Crippen LogP contribution in [0.2, 0.25) is 5.02 Å². The van der Waals surface area contributed by atoms with Crippen molar-refractivity contribution in [2.75, 3.05) is 11.5 Å². The molecular weight excluding hydrogens is 446 g/mol. The highest BCUT2D eigenvalue weighted by Gasteiger charge is 2.47. The minimum atomic E-state index is -0.751. The molecule has 1 atom stereocenters. The Balaban J connectivity index is 1.91. The van der Waals surface area contributed by atoms with E-state index in [0.717, 1.165) is 10.4 Å². The number of halogens is 1. The third-order valence-electron chi connectivity index (χ3n) is 5.50. The van der Waals surface area contributed by atoms with Crippen molar-refractivity contribution in [3.63, 3.8) is 0 Å². The molecule has 3 aromatic rings.